The molecule has 1 nitrogen and oxygen atoms in total. The Kier molecular flexibility index (Phi) is 4.73. The zero-order chi connectivity index (χ0) is 14.6. The highest BCUT2D eigenvalue weighted by Gasteiger charge is 2.26. The number of benzene rings is 2. The van der Waals surface area contributed by atoms with Gasteiger partial charge in [-0.3, -0.25) is 0 Å². The SMILES string of the molecule is CCC(CC)(O[SiH3])c1ccc(-c2cccc(F)c2)cc1. The van der Waals surface area contributed by atoms with Crippen molar-refractivity contribution >= 4 is 10.5 Å². The molecule has 0 N–H and O–H groups in total. The summed E-state index contributed by atoms with van der Waals surface area (Å²) in [6.07, 6.45) is 1.93. The molecule has 0 bridgehead atoms. The van der Waals surface area contributed by atoms with Crippen molar-refractivity contribution in [3.63, 3.8) is 0 Å². The van der Waals surface area contributed by atoms with E-state index < -0.39 is 0 Å². The Morgan fingerprint density at radius 1 is 1.00 bits per heavy atom. The minimum Gasteiger partial charge on any atom is -0.418 e. The zero-order valence-corrected chi connectivity index (χ0v) is 14.3. The molecule has 2 aromatic carbocycles. The molecule has 0 amide bonds. The summed E-state index contributed by atoms with van der Waals surface area (Å²) in [5.74, 6) is -0.203. The molecule has 0 saturated heterocycles. The standard InChI is InChI=1S/C17H21FOSi/c1-3-17(4-2,19-20)15-10-8-13(9-11-15)14-6-5-7-16(18)12-14/h5-12H,3-4H2,1-2,20H3. The first-order chi connectivity index (χ1) is 9.65. The van der Waals surface area contributed by atoms with Gasteiger partial charge < -0.3 is 4.43 Å². The van der Waals surface area contributed by atoms with Crippen LogP contribution in [0.3, 0.4) is 0 Å². The summed E-state index contributed by atoms with van der Waals surface area (Å²) in [6.45, 7) is 4.31. The lowest BCUT2D eigenvalue weighted by Gasteiger charge is -2.31. The van der Waals surface area contributed by atoms with E-state index in [9.17, 15) is 4.39 Å². The first kappa shape index (κ1) is 14.9. The van der Waals surface area contributed by atoms with Crippen LogP contribution in [0, 0.1) is 5.82 Å². The average molecular weight is 288 g/mol. The molecule has 0 aliphatic heterocycles. The fourth-order valence-corrected chi connectivity index (χ4v) is 3.51. The average Bonchev–Trinajstić information content (AvgIpc) is 2.50. The van der Waals surface area contributed by atoms with Gasteiger partial charge in [0.2, 0.25) is 0 Å². The molecule has 2 rings (SSSR count). The van der Waals surface area contributed by atoms with E-state index in [0.717, 1.165) is 34.5 Å². The first-order valence-corrected chi connectivity index (χ1v) is 7.88. The lowest BCUT2D eigenvalue weighted by Crippen LogP contribution is -2.27. The Morgan fingerprint density at radius 3 is 2.15 bits per heavy atom. The molecule has 0 radical (unpaired) electrons. The van der Waals surface area contributed by atoms with Crippen molar-refractivity contribution in [3.8, 4) is 11.1 Å². The van der Waals surface area contributed by atoms with E-state index in [0.29, 0.717) is 0 Å². The third-order valence-electron chi connectivity index (χ3n) is 4.10. The van der Waals surface area contributed by atoms with Crippen LogP contribution in [0.2, 0.25) is 0 Å². The van der Waals surface area contributed by atoms with Gasteiger partial charge in [0.25, 0.3) is 0 Å². The topological polar surface area (TPSA) is 9.23 Å². The smallest absolute Gasteiger partial charge is 0.147 e. The van der Waals surface area contributed by atoms with Crippen molar-refractivity contribution in [2.24, 2.45) is 0 Å². The summed E-state index contributed by atoms with van der Waals surface area (Å²) in [7, 11) is 0.723. The van der Waals surface area contributed by atoms with Crippen molar-refractivity contribution in [2.45, 2.75) is 32.3 Å². The molecule has 0 unspecified atom stereocenters. The summed E-state index contributed by atoms with van der Waals surface area (Å²) in [5, 5.41) is 0. The second-order valence-electron chi connectivity index (χ2n) is 4.99. The lowest BCUT2D eigenvalue weighted by molar-refractivity contribution is 0.0685. The van der Waals surface area contributed by atoms with Crippen LogP contribution in [0.25, 0.3) is 11.1 Å². The van der Waals surface area contributed by atoms with Crippen LogP contribution < -0.4 is 0 Å². The molecule has 0 spiro atoms. The van der Waals surface area contributed by atoms with Gasteiger partial charge in [0, 0.05) is 0 Å². The van der Waals surface area contributed by atoms with Crippen LogP contribution in [0.1, 0.15) is 32.3 Å². The Labute approximate surface area is 123 Å². The van der Waals surface area contributed by atoms with E-state index in [2.05, 4.69) is 26.0 Å². The molecule has 0 fully saturated rings. The fourth-order valence-electron chi connectivity index (χ4n) is 2.70. The van der Waals surface area contributed by atoms with E-state index in [-0.39, 0.29) is 11.4 Å². The summed E-state index contributed by atoms with van der Waals surface area (Å²) in [5.41, 5.74) is 2.98. The normalized spacial score (nSPS) is 11.8. The molecule has 0 saturated carbocycles. The molecule has 0 atom stereocenters. The van der Waals surface area contributed by atoms with Gasteiger partial charge in [0.15, 0.2) is 0 Å². The lowest BCUT2D eigenvalue weighted by atomic mass is 9.87. The van der Waals surface area contributed by atoms with E-state index in [1.807, 2.05) is 18.2 Å². The predicted molar refractivity (Wildman–Crippen MR) is 85.1 cm³/mol. The Bertz CT molecular complexity index is 553. The van der Waals surface area contributed by atoms with Gasteiger partial charge in [-0.2, -0.15) is 0 Å². The largest absolute Gasteiger partial charge is 0.418 e. The Morgan fingerprint density at radius 2 is 1.65 bits per heavy atom. The third kappa shape index (κ3) is 2.84. The second-order valence-corrected chi connectivity index (χ2v) is 5.40. The van der Waals surface area contributed by atoms with Crippen LogP contribution in [-0.2, 0) is 10.0 Å². The van der Waals surface area contributed by atoms with Gasteiger partial charge in [-0.1, -0.05) is 50.2 Å². The molecule has 106 valence electrons. The van der Waals surface area contributed by atoms with Gasteiger partial charge in [-0.05, 0) is 41.7 Å². The van der Waals surface area contributed by atoms with Crippen molar-refractivity contribution in [1.82, 2.24) is 0 Å². The van der Waals surface area contributed by atoms with Crippen LogP contribution in [0.5, 0.6) is 0 Å². The first-order valence-electron chi connectivity index (χ1n) is 7.07. The van der Waals surface area contributed by atoms with Crippen molar-refractivity contribution < 1.29 is 8.82 Å². The summed E-state index contributed by atoms with van der Waals surface area (Å²) in [6, 6.07) is 15.0. The predicted octanol–water partition coefficient (Wildman–Crippen LogP) is 3.81. The van der Waals surface area contributed by atoms with E-state index >= 15 is 0 Å². The summed E-state index contributed by atoms with van der Waals surface area (Å²) in [4.78, 5) is 0. The molecule has 20 heavy (non-hydrogen) atoms. The second kappa shape index (κ2) is 6.33. The Hall–Kier alpha value is -1.45. The minimum absolute atomic E-state index is 0.160. The number of halogens is 1. The Balaban J connectivity index is 2.35. The van der Waals surface area contributed by atoms with Crippen molar-refractivity contribution in [2.75, 3.05) is 0 Å². The van der Waals surface area contributed by atoms with E-state index in [1.165, 1.54) is 11.6 Å². The fraction of sp³-hybridized carbons (Fsp3) is 0.294. The van der Waals surface area contributed by atoms with Crippen LogP contribution >= 0.6 is 0 Å². The van der Waals surface area contributed by atoms with Crippen LogP contribution in [-0.4, -0.2) is 10.5 Å². The van der Waals surface area contributed by atoms with Crippen molar-refractivity contribution in [3.05, 3.63) is 59.9 Å². The monoisotopic (exact) mass is 288 g/mol. The molecule has 0 heterocycles. The maximum Gasteiger partial charge on any atom is 0.147 e. The molecule has 0 aliphatic rings. The molecule has 0 aliphatic carbocycles. The minimum atomic E-state index is -0.203. The number of rotatable bonds is 5. The molecular formula is C17H21FOSi. The summed E-state index contributed by atoms with van der Waals surface area (Å²) >= 11 is 0. The highest BCUT2D eigenvalue weighted by molar-refractivity contribution is 5.98. The molecular weight excluding hydrogens is 267 g/mol. The molecule has 0 aromatic heterocycles. The van der Waals surface area contributed by atoms with Gasteiger partial charge in [-0.25, -0.2) is 4.39 Å². The third-order valence-corrected chi connectivity index (χ3v) is 4.88. The number of hydrogen-bond donors (Lipinski definition) is 0. The molecule has 2 aromatic rings. The maximum atomic E-state index is 13.3. The van der Waals surface area contributed by atoms with Gasteiger partial charge in [0.05, 0.1) is 5.60 Å². The summed E-state index contributed by atoms with van der Waals surface area (Å²) < 4.78 is 19.1. The quantitative estimate of drug-likeness (QED) is 0.760. The van der Waals surface area contributed by atoms with Crippen molar-refractivity contribution in [1.29, 1.82) is 0 Å². The van der Waals surface area contributed by atoms with Crippen LogP contribution in [0.15, 0.2) is 48.5 Å². The zero-order valence-electron chi connectivity index (χ0n) is 12.3. The maximum absolute atomic E-state index is 13.3. The highest BCUT2D eigenvalue weighted by atomic mass is 28.2. The van der Waals surface area contributed by atoms with E-state index in [1.54, 1.807) is 12.1 Å². The van der Waals surface area contributed by atoms with Gasteiger partial charge in [-0.15, -0.1) is 0 Å². The van der Waals surface area contributed by atoms with E-state index in [4.69, 9.17) is 4.43 Å². The van der Waals surface area contributed by atoms with Gasteiger partial charge in [0.1, 0.15) is 16.3 Å². The van der Waals surface area contributed by atoms with Crippen LogP contribution in [0.4, 0.5) is 4.39 Å². The number of hydrogen-bond acceptors (Lipinski definition) is 1. The van der Waals surface area contributed by atoms with Gasteiger partial charge >= 0.3 is 0 Å². The highest BCUT2D eigenvalue weighted by Crippen LogP contribution is 2.33. The molecule has 3 heteroatoms.